The lowest BCUT2D eigenvalue weighted by molar-refractivity contribution is 1.18. The molecule has 0 N–H and O–H groups in total. The molecular formula is C46H28N2. The number of fused-ring (bicyclic) bond motifs is 14. The zero-order chi connectivity index (χ0) is 31.3. The van der Waals surface area contributed by atoms with Gasteiger partial charge in [0.2, 0.25) is 0 Å². The summed E-state index contributed by atoms with van der Waals surface area (Å²) in [7, 11) is 0. The van der Waals surface area contributed by atoms with E-state index in [-0.39, 0.29) is 0 Å². The standard InChI is InChI=1S/C46H28N2/c1-2-12-30-27-31(22-21-29(30)11-1)48-42-19-9-7-17-38(42)39-25-26-44-45(46(39)48)40-18-8-10-20-43(40)47(44)32-23-24-37-35-15-4-3-13-33(35)34-14-5-6-16-36(34)41(37)28-32/h1-28H. The van der Waals surface area contributed by atoms with Crippen LogP contribution in [0.2, 0.25) is 0 Å². The molecule has 0 unspecified atom stereocenters. The second-order valence-corrected chi connectivity index (χ2v) is 12.9. The Morgan fingerprint density at radius 2 is 0.771 bits per heavy atom. The molecule has 9 aromatic carbocycles. The highest BCUT2D eigenvalue weighted by atomic mass is 15.0. The Bertz CT molecular complexity index is 3080. The molecule has 0 fully saturated rings. The fourth-order valence-electron chi connectivity index (χ4n) is 8.41. The third kappa shape index (κ3) is 3.41. The van der Waals surface area contributed by atoms with Crippen LogP contribution in [0.3, 0.4) is 0 Å². The van der Waals surface area contributed by atoms with Gasteiger partial charge in [0.1, 0.15) is 0 Å². The molecule has 0 atom stereocenters. The van der Waals surface area contributed by atoms with Gasteiger partial charge in [0, 0.05) is 32.9 Å². The minimum atomic E-state index is 1.17. The molecule has 2 nitrogen and oxygen atoms in total. The zero-order valence-electron chi connectivity index (χ0n) is 26.1. The topological polar surface area (TPSA) is 9.86 Å². The average Bonchev–Trinajstić information content (AvgIpc) is 3.67. The van der Waals surface area contributed by atoms with Crippen molar-refractivity contribution in [1.29, 1.82) is 0 Å². The van der Waals surface area contributed by atoms with Crippen LogP contribution in [0.25, 0.3) is 98.1 Å². The maximum absolute atomic E-state index is 2.48. The number of para-hydroxylation sites is 2. The Hall–Kier alpha value is -6.38. The molecular weight excluding hydrogens is 581 g/mol. The Labute approximate surface area is 276 Å². The molecule has 0 spiro atoms. The van der Waals surface area contributed by atoms with E-state index in [1.165, 1.54) is 98.1 Å². The molecule has 2 heteroatoms. The number of hydrogen-bond donors (Lipinski definition) is 0. The second-order valence-electron chi connectivity index (χ2n) is 12.9. The molecule has 11 aromatic rings. The molecule has 48 heavy (non-hydrogen) atoms. The Morgan fingerprint density at radius 3 is 1.50 bits per heavy atom. The molecule has 0 saturated carbocycles. The van der Waals surface area contributed by atoms with Crippen LogP contribution in [-0.2, 0) is 0 Å². The van der Waals surface area contributed by atoms with Gasteiger partial charge in [-0.25, -0.2) is 0 Å². The lowest BCUT2D eigenvalue weighted by Crippen LogP contribution is -1.96. The van der Waals surface area contributed by atoms with Crippen molar-refractivity contribution in [2.24, 2.45) is 0 Å². The summed E-state index contributed by atoms with van der Waals surface area (Å²) in [4.78, 5) is 0. The average molecular weight is 609 g/mol. The highest BCUT2D eigenvalue weighted by Gasteiger charge is 2.21. The van der Waals surface area contributed by atoms with E-state index in [0.29, 0.717) is 0 Å². The van der Waals surface area contributed by atoms with Gasteiger partial charge in [-0.15, -0.1) is 0 Å². The van der Waals surface area contributed by atoms with Gasteiger partial charge >= 0.3 is 0 Å². The molecule has 0 radical (unpaired) electrons. The smallest absolute Gasteiger partial charge is 0.0641 e. The van der Waals surface area contributed by atoms with E-state index in [4.69, 9.17) is 0 Å². The monoisotopic (exact) mass is 608 g/mol. The summed E-state index contributed by atoms with van der Waals surface area (Å²) in [5.41, 5.74) is 7.22. The highest BCUT2D eigenvalue weighted by Crippen LogP contribution is 2.43. The number of hydrogen-bond acceptors (Lipinski definition) is 0. The summed E-state index contributed by atoms with van der Waals surface area (Å²) in [5, 5.41) is 15.3. The fourth-order valence-corrected chi connectivity index (χ4v) is 8.41. The van der Waals surface area contributed by atoms with Crippen molar-refractivity contribution in [2.75, 3.05) is 0 Å². The van der Waals surface area contributed by atoms with Crippen molar-refractivity contribution in [2.45, 2.75) is 0 Å². The quantitative estimate of drug-likeness (QED) is 0.173. The van der Waals surface area contributed by atoms with Gasteiger partial charge in [-0.2, -0.15) is 0 Å². The first-order chi connectivity index (χ1) is 23.8. The predicted molar refractivity (Wildman–Crippen MR) is 205 cm³/mol. The Kier molecular flexibility index (Phi) is 5.14. The molecule has 2 heterocycles. The summed E-state index contributed by atoms with van der Waals surface area (Å²) in [6.45, 7) is 0. The SMILES string of the molecule is c1ccc2cc(-n3c4ccccc4c4ccc5c(c6ccccc6n5-c5ccc6c7ccccc7c7ccccc7c6c5)c43)ccc2c1. The van der Waals surface area contributed by atoms with Crippen LogP contribution in [0.5, 0.6) is 0 Å². The van der Waals surface area contributed by atoms with Crippen LogP contribution in [0.4, 0.5) is 0 Å². The number of benzene rings is 9. The van der Waals surface area contributed by atoms with Crippen LogP contribution in [0.15, 0.2) is 170 Å². The van der Waals surface area contributed by atoms with Gasteiger partial charge in [-0.1, -0.05) is 127 Å². The number of aromatic nitrogens is 2. The third-order valence-corrected chi connectivity index (χ3v) is 10.4. The molecule has 0 aliphatic carbocycles. The first-order valence-electron chi connectivity index (χ1n) is 16.6. The molecule has 0 aliphatic rings. The van der Waals surface area contributed by atoms with E-state index in [2.05, 4.69) is 179 Å². The fraction of sp³-hybridized carbons (Fsp3) is 0. The van der Waals surface area contributed by atoms with Gasteiger partial charge in [0.05, 0.1) is 22.1 Å². The minimum Gasteiger partial charge on any atom is -0.309 e. The molecule has 222 valence electrons. The number of rotatable bonds is 2. The summed E-state index contributed by atoms with van der Waals surface area (Å²) >= 11 is 0. The molecule has 11 rings (SSSR count). The van der Waals surface area contributed by atoms with Gasteiger partial charge < -0.3 is 9.13 Å². The first-order valence-corrected chi connectivity index (χ1v) is 16.6. The summed E-state index contributed by atoms with van der Waals surface area (Å²) in [5.74, 6) is 0. The van der Waals surface area contributed by atoms with Gasteiger partial charge in [0.15, 0.2) is 0 Å². The minimum absolute atomic E-state index is 1.17. The maximum Gasteiger partial charge on any atom is 0.0641 e. The largest absolute Gasteiger partial charge is 0.309 e. The van der Waals surface area contributed by atoms with E-state index in [1.807, 2.05) is 0 Å². The molecule has 0 bridgehead atoms. The lowest BCUT2D eigenvalue weighted by Gasteiger charge is -2.14. The van der Waals surface area contributed by atoms with Crippen molar-refractivity contribution < 1.29 is 0 Å². The molecule has 0 aliphatic heterocycles. The molecule has 2 aromatic heterocycles. The van der Waals surface area contributed by atoms with Gasteiger partial charge in [-0.3, -0.25) is 0 Å². The third-order valence-electron chi connectivity index (χ3n) is 10.4. The van der Waals surface area contributed by atoms with Crippen molar-refractivity contribution >= 4 is 86.7 Å². The van der Waals surface area contributed by atoms with Crippen LogP contribution in [0.1, 0.15) is 0 Å². The molecule has 0 saturated heterocycles. The normalized spacial score (nSPS) is 12.2. The van der Waals surface area contributed by atoms with Gasteiger partial charge in [-0.05, 0) is 85.6 Å². The van der Waals surface area contributed by atoms with E-state index in [9.17, 15) is 0 Å². The van der Waals surface area contributed by atoms with Crippen molar-refractivity contribution in [1.82, 2.24) is 9.13 Å². The predicted octanol–water partition coefficient (Wildman–Crippen LogP) is 12.5. The van der Waals surface area contributed by atoms with Gasteiger partial charge in [0.25, 0.3) is 0 Å². The van der Waals surface area contributed by atoms with E-state index >= 15 is 0 Å². The highest BCUT2D eigenvalue weighted by molar-refractivity contribution is 6.27. The van der Waals surface area contributed by atoms with Crippen molar-refractivity contribution in [3.8, 4) is 11.4 Å². The van der Waals surface area contributed by atoms with E-state index < -0.39 is 0 Å². The molecule has 0 amide bonds. The zero-order valence-corrected chi connectivity index (χ0v) is 26.1. The Morgan fingerprint density at radius 1 is 0.271 bits per heavy atom. The number of nitrogens with zero attached hydrogens (tertiary/aromatic N) is 2. The van der Waals surface area contributed by atoms with Crippen LogP contribution >= 0.6 is 0 Å². The summed E-state index contributed by atoms with van der Waals surface area (Å²) in [6.07, 6.45) is 0. The summed E-state index contributed by atoms with van der Waals surface area (Å²) in [6, 6.07) is 62.5. The van der Waals surface area contributed by atoms with Crippen molar-refractivity contribution in [3.63, 3.8) is 0 Å². The maximum atomic E-state index is 2.48. The van der Waals surface area contributed by atoms with Crippen LogP contribution < -0.4 is 0 Å². The first kappa shape index (κ1) is 25.8. The summed E-state index contributed by atoms with van der Waals surface area (Å²) < 4.78 is 4.95. The van der Waals surface area contributed by atoms with E-state index in [1.54, 1.807) is 0 Å². The second kappa shape index (κ2) is 9.57. The van der Waals surface area contributed by atoms with Crippen LogP contribution in [0, 0.1) is 0 Å². The lowest BCUT2D eigenvalue weighted by atomic mass is 9.94. The van der Waals surface area contributed by atoms with Crippen molar-refractivity contribution in [3.05, 3.63) is 170 Å². The van der Waals surface area contributed by atoms with E-state index in [0.717, 1.165) is 0 Å². The Balaban J connectivity index is 1.28. The van der Waals surface area contributed by atoms with Crippen LogP contribution in [-0.4, -0.2) is 9.13 Å².